The van der Waals surface area contributed by atoms with Gasteiger partial charge in [0, 0.05) is 25.7 Å². The zero-order valence-corrected chi connectivity index (χ0v) is 20.5. The summed E-state index contributed by atoms with van der Waals surface area (Å²) in [6, 6.07) is 10.0. The maximum absolute atomic E-state index is 12.2. The molecule has 11 heteroatoms. The van der Waals surface area contributed by atoms with Crippen LogP contribution in [-0.4, -0.2) is 47.1 Å². The van der Waals surface area contributed by atoms with Crippen molar-refractivity contribution < 1.29 is 32.1 Å². The van der Waals surface area contributed by atoms with Crippen LogP contribution in [0, 0.1) is 0 Å². The van der Waals surface area contributed by atoms with Crippen LogP contribution in [0.2, 0.25) is 0 Å². The van der Waals surface area contributed by atoms with E-state index in [1.807, 2.05) is 6.07 Å². The predicted octanol–water partition coefficient (Wildman–Crippen LogP) is 4.14. The van der Waals surface area contributed by atoms with Crippen molar-refractivity contribution >= 4 is 29.9 Å². The lowest BCUT2D eigenvalue weighted by Crippen LogP contribution is -2.36. The molecule has 2 rings (SSSR count). The van der Waals surface area contributed by atoms with Gasteiger partial charge in [0.2, 0.25) is 5.75 Å². The van der Waals surface area contributed by atoms with E-state index in [0.717, 1.165) is 11.1 Å². The normalized spacial score (nSPS) is 11.3. The lowest BCUT2D eigenvalue weighted by Gasteiger charge is -2.17. The first-order valence-corrected chi connectivity index (χ1v) is 9.32. The zero-order valence-electron chi connectivity index (χ0n) is 18.2. The molecule has 0 radical (unpaired) electrons. The Morgan fingerprint density at radius 2 is 1.50 bits per heavy atom. The van der Waals surface area contributed by atoms with Crippen LogP contribution >= 0.6 is 24.0 Å². The summed E-state index contributed by atoms with van der Waals surface area (Å²) in [7, 11) is 6.28. The van der Waals surface area contributed by atoms with Crippen molar-refractivity contribution in [2.75, 3.05) is 35.0 Å². The van der Waals surface area contributed by atoms with Crippen LogP contribution in [0.25, 0.3) is 0 Å². The Morgan fingerprint density at radius 1 is 0.875 bits per heavy atom. The number of hydrogen-bond acceptors (Lipinski definition) is 5. The molecule has 0 saturated heterocycles. The molecule has 2 aromatic rings. The fourth-order valence-electron chi connectivity index (χ4n) is 2.76. The highest BCUT2D eigenvalue weighted by atomic mass is 127. The van der Waals surface area contributed by atoms with Crippen molar-refractivity contribution in [3.63, 3.8) is 0 Å². The Hall–Kier alpha value is -2.57. The minimum atomic E-state index is -4.37. The Morgan fingerprint density at radius 3 is 2.03 bits per heavy atom. The van der Waals surface area contributed by atoms with Crippen LogP contribution in [0.1, 0.15) is 11.1 Å². The zero-order chi connectivity index (χ0) is 22.9. The molecule has 0 aliphatic heterocycles. The van der Waals surface area contributed by atoms with Gasteiger partial charge in [0.25, 0.3) is 0 Å². The minimum Gasteiger partial charge on any atom is -0.493 e. The van der Waals surface area contributed by atoms with Gasteiger partial charge in [-0.2, -0.15) is 13.2 Å². The summed E-state index contributed by atoms with van der Waals surface area (Å²) in [5, 5.41) is 6.32. The van der Waals surface area contributed by atoms with Crippen LogP contribution < -0.4 is 29.6 Å². The maximum atomic E-state index is 12.2. The van der Waals surface area contributed by atoms with Crippen molar-refractivity contribution in [1.82, 2.24) is 10.6 Å². The van der Waals surface area contributed by atoms with E-state index in [4.69, 9.17) is 18.9 Å². The number of aliphatic imine (C=N–C) groups is 1. The number of rotatable bonds is 9. The molecule has 0 aliphatic rings. The first kappa shape index (κ1) is 27.5. The Labute approximate surface area is 202 Å². The predicted molar refractivity (Wildman–Crippen MR) is 127 cm³/mol. The summed E-state index contributed by atoms with van der Waals surface area (Å²) in [6.07, 6.45) is -4.37. The number of hydrogen-bond donors (Lipinski definition) is 2. The molecule has 0 aromatic heterocycles. The van der Waals surface area contributed by atoms with Gasteiger partial charge in [-0.3, -0.25) is 4.99 Å². The second-order valence-corrected chi connectivity index (χ2v) is 6.32. The highest BCUT2D eigenvalue weighted by Crippen LogP contribution is 2.39. The molecule has 0 heterocycles. The van der Waals surface area contributed by atoms with E-state index < -0.39 is 12.8 Å². The molecule has 7 nitrogen and oxygen atoms in total. The molecule has 32 heavy (non-hydrogen) atoms. The monoisotopic (exact) mass is 569 g/mol. The van der Waals surface area contributed by atoms with Gasteiger partial charge in [0.15, 0.2) is 24.1 Å². The van der Waals surface area contributed by atoms with E-state index in [0.29, 0.717) is 36.3 Å². The lowest BCUT2D eigenvalue weighted by molar-refractivity contribution is -0.153. The van der Waals surface area contributed by atoms with Gasteiger partial charge in [0.05, 0.1) is 21.3 Å². The number of halogens is 4. The van der Waals surface area contributed by atoms with E-state index in [1.165, 1.54) is 19.2 Å². The molecule has 0 saturated carbocycles. The van der Waals surface area contributed by atoms with Crippen LogP contribution in [0.15, 0.2) is 41.4 Å². The van der Waals surface area contributed by atoms with E-state index in [9.17, 15) is 13.2 Å². The molecule has 178 valence electrons. The molecule has 0 bridgehead atoms. The smallest absolute Gasteiger partial charge is 0.422 e. The molecule has 0 aliphatic carbocycles. The summed E-state index contributed by atoms with van der Waals surface area (Å²) in [6.45, 7) is -0.490. The van der Waals surface area contributed by atoms with Gasteiger partial charge in [-0.15, -0.1) is 24.0 Å². The third-order valence-corrected chi connectivity index (χ3v) is 4.24. The second kappa shape index (κ2) is 13.1. The molecule has 0 atom stereocenters. The highest BCUT2D eigenvalue weighted by molar-refractivity contribution is 14.0. The average Bonchev–Trinajstić information content (AvgIpc) is 2.77. The minimum absolute atomic E-state index is 0. The van der Waals surface area contributed by atoms with Crippen LogP contribution in [0.3, 0.4) is 0 Å². The van der Waals surface area contributed by atoms with Crippen LogP contribution in [0.5, 0.6) is 23.0 Å². The number of nitrogens with zero attached hydrogens (tertiary/aromatic N) is 1. The Bertz CT molecular complexity index is 878. The van der Waals surface area contributed by atoms with Crippen molar-refractivity contribution in [2.24, 2.45) is 4.99 Å². The number of methoxy groups -OCH3 is 3. The molecular weight excluding hydrogens is 542 g/mol. The average molecular weight is 569 g/mol. The summed E-state index contributed by atoms with van der Waals surface area (Å²) >= 11 is 0. The van der Waals surface area contributed by atoms with Gasteiger partial charge in [-0.25, -0.2) is 0 Å². The largest absolute Gasteiger partial charge is 0.493 e. The van der Waals surface area contributed by atoms with Gasteiger partial charge in [-0.05, 0) is 29.8 Å². The Balaban J connectivity index is 0.00000512. The van der Waals surface area contributed by atoms with E-state index >= 15 is 0 Å². The maximum Gasteiger partial charge on any atom is 0.422 e. The fraction of sp³-hybridized carbons (Fsp3) is 0.381. The number of nitrogens with one attached hydrogen (secondary N) is 2. The third kappa shape index (κ3) is 8.17. The van der Waals surface area contributed by atoms with Crippen molar-refractivity contribution in [2.45, 2.75) is 19.3 Å². The van der Waals surface area contributed by atoms with Crippen molar-refractivity contribution in [3.05, 3.63) is 47.5 Å². The van der Waals surface area contributed by atoms with Gasteiger partial charge < -0.3 is 29.6 Å². The van der Waals surface area contributed by atoms with Gasteiger partial charge in [0.1, 0.15) is 5.75 Å². The summed E-state index contributed by atoms with van der Waals surface area (Å²) in [4.78, 5) is 4.17. The number of ether oxygens (including phenoxy) is 4. The number of guanidine groups is 1. The van der Waals surface area contributed by atoms with Gasteiger partial charge in [-0.1, -0.05) is 12.1 Å². The third-order valence-electron chi connectivity index (χ3n) is 4.24. The summed E-state index contributed by atoms with van der Waals surface area (Å²) in [5.41, 5.74) is 1.69. The highest BCUT2D eigenvalue weighted by Gasteiger charge is 2.28. The standard InChI is InChI=1S/C21H26F3N3O4.HI/c1-25-20(26-11-14-5-8-16(9-6-14)31-13-21(22,23)24)27-12-15-7-10-17(28-2)19(30-4)18(15)29-3;/h5-10H,11-13H2,1-4H3,(H2,25,26,27);1H. The van der Waals surface area contributed by atoms with Crippen molar-refractivity contribution in [1.29, 1.82) is 0 Å². The Kier molecular flexibility index (Phi) is 11.2. The summed E-state index contributed by atoms with van der Waals surface area (Å²) < 4.78 is 57.5. The van der Waals surface area contributed by atoms with E-state index in [2.05, 4.69) is 15.6 Å². The van der Waals surface area contributed by atoms with Crippen LogP contribution in [0.4, 0.5) is 13.2 Å². The summed E-state index contributed by atoms with van der Waals surface area (Å²) in [5.74, 6) is 2.31. The number of benzene rings is 2. The SMILES string of the molecule is CN=C(NCc1ccc(OCC(F)(F)F)cc1)NCc1ccc(OC)c(OC)c1OC.I. The number of alkyl halides is 3. The van der Waals surface area contributed by atoms with Gasteiger partial charge >= 0.3 is 6.18 Å². The first-order valence-electron chi connectivity index (χ1n) is 9.32. The molecule has 0 amide bonds. The molecule has 2 N–H and O–H groups in total. The second-order valence-electron chi connectivity index (χ2n) is 6.32. The van der Waals surface area contributed by atoms with E-state index in [-0.39, 0.29) is 29.7 Å². The van der Waals surface area contributed by atoms with Crippen LogP contribution in [-0.2, 0) is 13.1 Å². The molecule has 0 fully saturated rings. The van der Waals surface area contributed by atoms with E-state index in [1.54, 1.807) is 39.5 Å². The topological polar surface area (TPSA) is 73.3 Å². The molecule has 0 spiro atoms. The van der Waals surface area contributed by atoms with Crippen molar-refractivity contribution in [3.8, 4) is 23.0 Å². The lowest BCUT2D eigenvalue weighted by atomic mass is 10.1. The molecule has 0 unspecified atom stereocenters. The fourth-order valence-corrected chi connectivity index (χ4v) is 2.76. The molecule has 2 aromatic carbocycles. The quantitative estimate of drug-likeness (QED) is 0.269. The molecular formula is C21H27F3IN3O4. The first-order chi connectivity index (χ1) is 14.8.